The molecule has 1 radical (unpaired) electrons. The lowest BCUT2D eigenvalue weighted by molar-refractivity contribution is 1.34. The zero-order valence-electron chi connectivity index (χ0n) is 5.53. The first-order chi connectivity index (χ1) is 5.29. The Balaban J connectivity index is 3.42. The number of rotatable bonds is 0. The van der Waals surface area contributed by atoms with Gasteiger partial charge < -0.3 is 0 Å². The second kappa shape index (κ2) is 3.01. The molecule has 0 amide bonds. The smallest absolute Gasteiger partial charge is 0.102 e. The van der Waals surface area contributed by atoms with Crippen LogP contribution in [0.1, 0.15) is 11.1 Å². The Kier molecular flexibility index (Phi) is 2.06. The lowest BCUT2D eigenvalue weighted by atomic mass is 10.1. The summed E-state index contributed by atoms with van der Waals surface area (Å²) in [6.45, 7) is 0. The fourth-order valence-electron chi connectivity index (χ4n) is 0.740. The topological polar surface area (TPSA) is 47.6 Å². The summed E-state index contributed by atoms with van der Waals surface area (Å²) in [6.07, 6.45) is 0. The molecule has 0 spiro atoms. The SMILES string of the molecule is N#Cc1cccc([S])c1C#N. The van der Waals surface area contributed by atoms with E-state index in [-0.39, 0.29) is 0 Å². The lowest BCUT2D eigenvalue weighted by Crippen LogP contribution is -1.83. The van der Waals surface area contributed by atoms with Crippen LogP contribution in [0, 0.1) is 22.7 Å². The van der Waals surface area contributed by atoms with E-state index in [2.05, 4.69) is 0 Å². The molecular formula is C8H3N2S. The van der Waals surface area contributed by atoms with E-state index in [4.69, 9.17) is 23.2 Å². The Labute approximate surface area is 70.1 Å². The highest BCUT2D eigenvalue weighted by Crippen LogP contribution is 2.15. The van der Waals surface area contributed by atoms with E-state index in [1.807, 2.05) is 12.1 Å². The summed E-state index contributed by atoms with van der Waals surface area (Å²) in [5, 5.41) is 17.1. The van der Waals surface area contributed by atoms with E-state index in [9.17, 15) is 0 Å². The molecule has 0 aliphatic rings. The van der Waals surface area contributed by atoms with Gasteiger partial charge in [-0.2, -0.15) is 10.5 Å². The van der Waals surface area contributed by atoms with Crippen LogP contribution in [0.3, 0.4) is 0 Å². The highest BCUT2D eigenvalue weighted by atomic mass is 32.1. The van der Waals surface area contributed by atoms with Crippen LogP contribution in [0.4, 0.5) is 0 Å². The summed E-state index contributed by atoms with van der Waals surface area (Å²) in [5.41, 5.74) is 0.644. The van der Waals surface area contributed by atoms with Crippen molar-refractivity contribution in [3.05, 3.63) is 29.3 Å². The minimum absolute atomic E-state index is 0.296. The largest absolute Gasteiger partial charge is 0.192 e. The van der Waals surface area contributed by atoms with Gasteiger partial charge in [-0.05, 0) is 12.1 Å². The molecule has 0 saturated heterocycles. The van der Waals surface area contributed by atoms with Crippen molar-refractivity contribution in [2.24, 2.45) is 0 Å². The van der Waals surface area contributed by atoms with Crippen molar-refractivity contribution in [1.82, 2.24) is 0 Å². The van der Waals surface area contributed by atoms with E-state index in [1.165, 1.54) is 0 Å². The molecule has 0 aromatic heterocycles. The molecule has 0 fully saturated rings. The van der Waals surface area contributed by atoms with Crippen molar-refractivity contribution in [3.63, 3.8) is 0 Å². The average Bonchev–Trinajstić information content (AvgIpc) is 2.04. The van der Waals surface area contributed by atoms with Crippen LogP contribution < -0.4 is 0 Å². The van der Waals surface area contributed by atoms with Crippen LogP contribution in [0.15, 0.2) is 23.1 Å². The molecule has 2 nitrogen and oxygen atoms in total. The minimum atomic E-state index is 0.296. The van der Waals surface area contributed by atoms with E-state index < -0.39 is 0 Å². The van der Waals surface area contributed by atoms with Crippen molar-refractivity contribution in [2.75, 3.05) is 0 Å². The highest BCUT2D eigenvalue weighted by Gasteiger charge is 2.03. The first-order valence-corrected chi connectivity index (χ1v) is 3.30. The van der Waals surface area contributed by atoms with Gasteiger partial charge in [0.15, 0.2) is 0 Å². The van der Waals surface area contributed by atoms with Crippen LogP contribution in [0.25, 0.3) is 0 Å². The van der Waals surface area contributed by atoms with Gasteiger partial charge in [-0.3, -0.25) is 0 Å². The number of hydrogen-bond acceptors (Lipinski definition) is 2. The molecule has 51 valence electrons. The molecule has 1 rings (SSSR count). The molecule has 0 aliphatic carbocycles. The van der Waals surface area contributed by atoms with Crippen LogP contribution in [0.5, 0.6) is 0 Å². The van der Waals surface area contributed by atoms with Gasteiger partial charge in [-0.25, -0.2) is 0 Å². The van der Waals surface area contributed by atoms with Crippen molar-refractivity contribution < 1.29 is 0 Å². The van der Waals surface area contributed by atoms with Gasteiger partial charge in [-0.15, -0.1) is 0 Å². The van der Waals surface area contributed by atoms with Gasteiger partial charge in [-0.1, -0.05) is 18.7 Å². The number of nitrogens with zero attached hydrogens (tertiary/aromatic N) is 2. The first-order valence-electron chi connectivity index (χ1n) is 2.90. The van der Waals surface area contributed by atoms with E-state index in [1.54, 1.807) is 18.2 Å². The monoisotopic (exact) mass is 159 g/mol. The normalized spacial score (nSPS) is 8.18. The van der Waals surface area contributed by atoms with Crippen LogP contribution in [-0.4, -0.2) is 0 Å². The molecular weight excluding hydrogens is 156 g/mol. The van der Waals surface area contributed by atoms with E-state index in [0.29, 0.717) is 16.0 Å². The summed E-state index contributed by atoms with van der Waals surface area (Å²) >= 11 is 4.83. The highest BCUT2D eigenvalue weighted by molar-refractivity contribution is 7.80. The Morgan fingerprint density at radius 3 is 2.36 bits per heavy atom. The number of benzene rings is 1. The Bertz CT molecular complexity index is 357. The molecule has 3 heteroatoms. The van der Waals surface area contributed by atoms with Crippen LogP contribution in [-0.2, 0) is 0 Å². The maximum atomic E-state index is 8.56. The molecule has 0 saturated carbocycles. The predicted octanol–water partition coefficient (Wildman–Crippen LogP) is 1.99. The molecule has 1 aromatic carbocycles. The van der Waals surface area contributed by atoms with Gasteiger partial charge in [0.25, 0.3) is 0 Å². The summed E-state index contributed by atoms with van der Waals surface area (Å²) in [6, 6.07) is 8.67. The third kappa shape index (κ3) is 1.29. The Morgan fingerprint density at radius 2 is 1.91 bits per heavy atom. The van der Waals surface area contributed by atoms with Crippen molar-refractivity contribution in [2.45, 2.75) is 4.90 Å². The van der Waals surface area contributed by atoms with Crippen molar-refractivity contribution in [3.8, 4) is 12.1 Å². The zero-order chi connectivity index (χ0) is 8.27. The summed E-state index contributed by atoms with van der Waals surface area (Å²) in [5.74, 6) is 0. The molecule has 0 aliphatic heterocycles. The predicted molar refractivity (Wildman–Crippen MR) is 41.7 cm³/mol. The molecule has 11 heavy (non-hydrogen) atoms. The third-order valence-corrected chi connectivity index (χ3v) is 1.60. The van der Waals surface area contributed by atoms with Gasteiger partial charge in [0.1, 0.15) is 12.1 Å². The molecule has 0 bridgehead atoms. The number of nitriles is 2. The van der Waals surface area contributed by atoms with E-state index in [0.717, 1.165) is 0 Å². The molecule has 1 aromatic rings. The molecule has 0 N–H and O–H groups in total. The summed E-state index contributed by atoms with van der Waals surface area (Å²) in [7, 11) is 0. The Hall–Kier alpha value is -1.58. The standard InChI is InChI=1S/C8H3N2S/c9-4-6-2-1-3-8(11)7(6)5-10/h1-3H. The fourth-order valence-corrected chi connectivity index (χ4v) is 0.974. The van der Waals surface area contributed by atoms with Gasteiger partial charge in [0.05, 0.1) is 16.0 Å². The number of hydrogen-bond donors (Lipinski definition) is 0. The summed E-state index contributed by atoms with van der Waals surface area (Å²) in [4.78, 5) is 0.437. The molecule has 0 unspecified atom stereocenters. The second-order valence-electron chi connectivity index (χ2n) is 1.90. The maximum absolute atomic E-state index is 8.56. The van der Waals surface area contributed by atoms with Crippen LogP contribution >= 0.6 is 12.6 Å². The first kappa shape index (κ1) is 7.53. The molecule has 0 heterocycles. The quantitative estimate of drug-likeness (QED) is 0.581. The van der Waals surface area contributed by atoms with Gasteiger partial charge in [0, 0.05) is 0 Å². The molecule has 0 atom stereocenters. The zero-order valence-corrected chi connectivity index (χ0v) is 6.35. The lowest BCUT2D eigenvalue weighted by Gasteiger charge is -1.94. The minimum Gasteiger partial charge on any atom is -0.192 e. The maximum Gasteiger partial charge on any atom is 0.102 e. The third-order valence-electron chi connectivity index (χ3n) is 1.26. The average molecular weight is 159 g/mol. The van der Waals surface area contributed by atoms with Crippen molar-refractivity contribution >= 4 is 12.6 Å². The Morgan fingerprint density at radius 1 is 1.18 bits per heavy atom. The van der Waals surface area contributed by atoms with Gasteiger partial charge >= 0.3 is 0 Å². The summed E-state index contributed by atoms with van der Waals surface area (Å²) < 4.78 is 0. The second-order valence-corrected chi connectivity index (χ2v) is 2.34. The van der Waals surface area contributed by atoms with E-state index >= 15 is 0 Å². The van der Waals surface area contributed by atoms with Gasteiger partial charge in [0.2, 0.25) is 0 Å². The fraction of sp³-hybridized carbons (Fsp3) is 0. The van der Waals surface area contributed by atoms with Crippen molar-refractivity contribution in [1.29, 1.82) is 10.5 Å². The van der Waals surface area contributed by atoms with Crippen LogP contribution in [0.2, 0.25) is 0 Å².